The molecule has 34 heavy (non-hydrogen) atoms. The Morgan fingerprint density at radius 2 is 1.53 bits per heavy atom. The second kappa shape index (κ2) is 11.7. The number of rotatable bonds is 10. The molecule has 3 rings (SSSR count). The summed E-state index contributed by atoms with van der Waals surface area (Å²) in [5, 5.41) is 13.4. The van der Waals surface area contributed by atoms with Crippen LogP contribution in [0.15, 0.2) is 72.3 Å². The third-order valence-electron chi connectivity index (χ3n) is 5.59. The second-order valence-corrected chi connectivity index (χ2v) is 9.51. The maximum atomic E-state index is 13.5. The molecule has 0 radical (unpaired) electrons. The molecule has 1 aliphatic rings. The Balaban J connectivity index is 1.90. The number of amides is 2. The van der Waals surface area contributed by atoms with Gasteiger partial charge in [-0.15, -0.1) is 11.8 Å². The molecule has 1 heterocycles. The molecule has 0 aliphatic carbocycles. The van der Waals surface area contributed by atoms with Crippen LogP contribution in [0.3, 0.4) is 0 Å². The van der Waals surface area contributed by atoms with Gasteiger partial charge in [-0.2, -0.15) is 0 Å². The highest BCUT2D eigenvalue weighted by Crippen LogP contribution is 2.29. The van der Waals surface area contributed by atoms with E-state index in [1.165, 1.54) is 16.7 Å². The summed E-state index contributed by atoms with van der Waals surface area (Å²) in [5.74, 6) is -3.43. The molecule has 0 saturated carbocycles. The number of nitrogens with one attached hydrogen (secondary N) is 1. The fourth-order valence-electron chi connectivity index (χ4n) is 3.79. The number of thioether (sulfide) groups is 1. The van der Waals surface area contributed by atoms with Crippen molar-refractivity contribution in [2.75, 3.05) is 0 Å². The van der Waals surface area contributed by atoms with E-state index in [-0.39, 0.29) is 29.9 Å². The first-order valence-corrected chi connectivity index (χ1v) is 12.0. The molecule has 2 unspecified atom stereocenters. The molecule has 0 spiro atoms. The summed E-state index contributed by atoms with van der Waals surface area (Å²) in [5.41, 5.74) is 1.56. The van der Waals surface area contributed by atoms with Crippen LogP contribution in [0, 0.1) is 5.92 Å². The van der Waals surface area contributed by atoms with E-state index in [1.54, 1.807) is 35.9 Å². The second-order valence-electron chi connectivity index (χ2n) is 8.46. The maximum absolute atomic E-state index is 13.5. The van der Waals surface area contributed by atoms with Crippen molar-refractivity contribution >= 4 is 35.3 Å². The monoisotopic (exact) mass is 480 g/mol. The largest absolute Gasteiger partial charge is 0.475 e. The van der Waals surface area contributed by atoms with Gasteiger partial charge in [0, 0.05) is 19.0 Å². The number of nitrogens with zero attached hydrogens (tertiary/aromatic N) is 1. The number of ketones is 1. The molecular formula is C26H28N2O5S. The number of aliphatic carboxylic acids is 1. The highest BCUT2D eigenvalue weighted by Gasteiger charge is 2.38. The lowest BCUT2D eigenvalue weighted by molar-refractivity contribution is -0.150. The van der Waals surface area contributed by atoms with Crippen LogP contribution in [0.25, 0.3) is 0 Å². The van der Waals surface area contributed by atoms with Gasteiger partial charge in [-0.1, -0.05) is 74.5 Å². The molecule has 8 heteroatoms. The Labute approximate surface area is 203 Å². The molecule has 7 nitrogen and oxygen atoms in total. The van der Waals surface area contributed by atoms with Crippen molar-refractivity contribution in [3.05, 3.63) is 83.4 Å². The highest BCUT2D eigenvalue weighted by molar-refractivity contribution is 8.03. The van der Waals surface area contributed by atoms with E-state index in [0.29, 0.717) is 5.56 Å². The van der Waals surface area contributed by atoms with Crippen LogP contribution in [0.5, 0.6) is 0 Å². The van der Waals surface area contributed by atoms with Crippen LogP contribution < -0.4 is 5.32 Å². The Bertz CT molecular complexity index is 1060. The average molecular weight is 481 g/mol. The van der Waals surface area contributed by atoms with Gasteiger partial charge in [0.2, 0.25) is 11.8 Å². The number of carboxylic acids is 1. The fraction of sp³-hybridized carbons (Fsp3) is 0.308. The van der Waals surface area contributed by atoms with Gasteiger partial charge >= 0.3 is 5.97 Å². The molecule has 2 aromatic rings. The molecule has 178 valence electrons. The summed E-state index contributed by atoms with van der Waals surface area (Å²) < 4.78 is 0. The quantitative estimate of drug-likeness (QED) is 0.507. The van der Waals surface area contributed by atoms with Crippen LogP contribution >= 0.6 is 11.8 Å². The third-order valence-corrected chi connectivity index (χ3v) is 6.90. The fourth-order valence-corrected chi connectivity index (χ4v) is 4.72. The van der Waals surface area contributed by atoms with Crippen molar-refractivity contribution in [2.24, 2.45) is 5.92 Å². The Morgan fingerprint density at radius 3 is 2.06 bits per heavy atom. The summed E-state index contributed by atoms with van der Waals surface area (Å²) in [6.45, 7) is 3.89. The lowest BCUT2D eigenvalue weighted by Gasteiger charge is -2.35. The minimum Gasteiger partial charge on any atom is -0.475 e. The van der Waals surface area contributed by atoms with Crippen molar-refractivity contribution in [1.29, 1.82) is 0 Å². The topological polar surface area (TPSA) is 104 Å². The van der Waals surface area contributed by atoms with Crippen molar-refractivity contribution in [3.63, 3.8) is 0 Å². The zero-order valence-corrected chi connectivity index (χ0v) is 19.9. The Morgan fingerprint density at radius 1 is 0.971 bits per heavy atom. The predicted molar refractivity (Wildman–Crippen MR) is 131 cm³/mol. The average Bonchev–Trinajstić information content (AvgIpc) is 2.83. The van der Waals surface area contributed by atoms with Gasteiger partial charge in [0.05, 0.1) is 5.25 Å². The lowest BCUT2D eigenvalue weighted by Crippen LogP contribution is -2.56. The molecule has 0 bridgehead atoms. The molecule has 2 aromatic carbocycles. The molecule has 0 fully saturated rings. The van der Waals surface area contributed by atoms with Gasteiger partial charge in [-0.05, 0) is 22.5 Å². The normalized spacial score (nSPS) is 17.3. The van der Waals surface area contributed by atoms with E-state index in [2.05, 4.69) is 5.32 Å². The number of hydrogen-bond donors (Lipinski definition) is 2. The van der Waals surface area contributed by atoms with Crippen LogP contribution in [-0.4, -0.2) is 50.9 Å². The zero-order chi connectivity index (χ0) is 24.7. The number of benzene rings is 2. The Hall–Kier alpha value is -3.39. The minimum atomic E-state index is -1.62. The first kappa shape index (κ1) is 25.2. The van der Waals surface area contributed by atoms with Crippen molar-refractivity contribution < 1.29 is 24.3 Å². The van der Waals surface area contributed by atoms with E-state index < -0.39 is 29.7 Å². The molecule has 2 amide bonds. The SMILES string of the molecule is CC(C)C1SC=CN(C(Cc2ccccc2)C(=O)N[C@@H](Cc2ccccc2)C(=O)C(=O)O)C1=O. The van der Waals surface area contributed by atoms with Crippen LogP contribution in [-0.2, 0) is 32.0 Å². The van der Waals surface area contributed by atoms with Crippen molar-refractivity contribution in [2.45, 2.75) is 44.0 Å². The smallest absolute Gasteiger partial charge is 0.374 e. The van der Waals surface area contributed by atoms with Gasteiger partial charge in [0.25, 0.3) is 5.78 Å². The number of Topliss-reactive ketones (excluding diaryl/α,β-unsaturated/α-hetero) is 1. The standard InChI is InChI=1S/C26H28N2O5S/c1-17(2)23-25(31)28(13-14-34-23)21(16-19-11-7-4-8-12-19)24(30)27-20(22(29)26(32)33)15-18-9-5-3-6-10-18/h3-14,17,20-21,23H,15-16H2,1-2H3,(H,27,30)(H,32,33)/t20-,21?,23?/m0/s1. The van der Waals surface area contributed by atoms with E-state index in [1.807, 2.05) is 50.2 Å². The van der Waals surface area contributed by atoms with Crippen LogP contribution in [0.1, 0.15) is 25.0 Å². The van der Waals surface area contributed by atoms with Crippen molar-refractivity contribution in [1.82, 2.24) is 10.2 Å². The van der Waals surface area contributed by atoms with Gasteiger partial charge in [-0.25, -0.2) is 4.79 Å². The number of carboxylic acid groups (broad SMARTS) is 1. The van der Waals surface area contributed by atoms with Crippen LogP contribution in [0.4, 0.5) is 0 Å². The lowest BCUT2D eigenvalue weighted by atomic mass is 9.99. The maximum Gasteiger partial charge on any atom is 0.374 e. The zero-order valence-electron chi connectivity index (χ0n) is 19.1. The van der Waals surface area contributed by atoms with Gasteiger partial charge in [0.15, 0.2) is 0 Å². The van der Waals surface area contributed by atoms with E-state index in [0.717, 1.165) is 5.56 Å². The van der Waals surface area contributed by atoms with E-state index in [4.69, 9.17) is 0 Å². The van der Waals surface area contributed by atoms with Crippen LogP contribution in [0.2, 0.25) is 0 Å². The first-order valence-electron chi connectivity index (χ1n) is 11.1. The Kier molecular flexibility index (Phi) is 8.65. The summed E-state index contributed by atoms with van der Waals surface area (Å²) in [6.07, 6.45) is 1.84. The van der Waals surface area contributed by atoms with Gasteiger partial charge in [0.1, 0.15) is 12.1 Å². The number of hydrogen-bond acceptors (Lipinski definition) is 5. The predicted octanol–water partition coefficient (Wildman–Crippen LogP) is 3.05. The van der Waals surface area contributed by atoms with E-state index in [9.17, 15) is 24.3 Å². The molecule has 0 saturated heterocycles. The molecule has 0 aromatic heterocycles. The summed E-state index contributed by atoms with van der Waals surface area (Å²) >= 11 is 1.41. The molecular weight excluding hydrogens is 452 g/mol. The molecule has 1 aliphatic heterocycles. The molecule has 2 N–H and O–H groups in total. The molecule has 3 atom stereocenters. The summed E-state index contributed by atoms with van der Waals surface area (Å²) in [6, 6.07) is 16.0. The minimum absolute atomic E-state index is 0.0318. The third kappa shape index (κ3) is 6.35. The summed E-state index contributed by atoms with van der Waals surface area (Å²) in [7, 11) is 0. The highest BCUT2D eigenvalue weighted by atomic mass is 32.2. The van der Waals surface area contributed by atoms with E-state index >= 15 is 0 Å². The number of carbonyl (C=O) groups excluding carboxylic acids is 3. The first-order chi connectivity index (χ1) is 16.3. The van der Waals surface area contributed by atoms with Gasteiger partial charge < -0.3 is 15.3 Å². The number of carbonyl (C=O) groups is 4. The summed E-state index contributed by atoms with van der Waals surface area (Å²) in [4.78, 5) is 52.1. The van der Waals surface area contributed by atoms with Crippen molar-refractivity contribution in [3.8, 4) is 0 Å². The van der Waals surface area contributed by atoms with Gasteiger partial charge in [-0.3, -0.25) is 14.4 Å².